The highest BCUT2D eigenvalue weighted by Crippen LogP contribution is 2.28. The number of carbonyl (C=O) groups is 1. The Morgan fingerprint density at radius 2 is 1.89 bits per heavy atom. The number of carbonyl (C=O) groups excluding carboxylic acids is 1. The number of thiazole rings is 1. The maximum atomic E-state index is 12.5. The molecule has 27 heavy (non-hydrogen) atoms. The Labute approximate surface area is 161 Å². The Balaban J connectivity index is 1.92. The first-order valence-corrected chi connectivity index (χ1v) is 9.38. The maximum Gasteiger partial charge on any atom is 0.252 e. The fourth-order valence-corrected chi connectivity index (χ4v) is 3.91. The van der Waals surface area contributed by atoms with Gasteiger partial charge in [-0.25, -0.2) is 0 Å². The molecule has 0 bridgehead atoms. The molecule has 0 atom stereocenters. The molecular formula is C20H22N2O4S. The molecule has 1 heterocycles. The molecule has 0 saturated carbocycles. The third-order valence-electron chi connectivity index (χ3n) is 4.11. The van der Waals surface area contributed by atoms with Gasteiger partial charge in [0.25, 0.3) is 5.91 Å². The first kappa shape index (κ1) is 19.0. The van der Waals surface area contributed by atoms with Crippen molar-refractivity contribution < 1.29 is 19.0 Å². The predicted molar refractivity (Wildman–Crippen MR) is 106 cm³/mol. The molecule has 0 spiro atoms. The van der Waals surface area contributed by atoms with E-state index in [2.05, 4.69) is 4.99 Å². The molecule has 7 heteroatoms. The van der Waals surface area contributed by atoms with E-state index in [1.165, 1.54) is 11.3 Å². The average molecular weight is 386 g/mol. The van der Waals surface area contributed by atoms with E-state index < -0.39 is 0 Å². The highest BCUT2D eigenvalue weighted by Gasteiger charge is 2.11. The number of methoxy groups -OCH3 is 2. The normalized spacial score (nSPS) is 11.6. The van der Waals surface area contributed by atoms with Crippen LogP contribution in [0.25, 0.3) is 10.2 Å². The van der Waals surface area contributed by atoms with Crippen molar-refractivity contribution in [1.29, 1.82) is 0 Å². The topological polar surface area (TPSA) is 62.1 Å². The quantitative estimate of drug-likeness (QED) is 0.652. The predicted octanol–water partition coefficient (Wildman–Crippen LogP) is 3.33. The van der Waals surface area contributed by atoms with E-state index in [1.807, 2.05) is 42.8 Å². The van der Waals surface area contributed by atoms with Crippen LogP contribution in [0, 0.1) is 0 Å². The Morgan fingerprint density at radius 3 is 2.59 bits per heavy atom. The lowest BCUT2D eigenvalue weighted by Gasteiger charge is -2.08. The molecule has 0 fully saturated rings. The maximum absolute atomic E-state index is 12.5. The van der Waals surface area contributed by atoms with Gasteiger partial charge in [-0.3, -0.25) is 4.79 Å². The summed E-state index contributed by atoms with van der Waals surface area (Å²) in [4.78, 5) is 17.4. The summed E-state index contributed by atoms with van der Waals surface area (Å²) in [5, 5.41) is 0. The molecule has 0 unspecified atom stereocenters. The van der Waals surface area contributed by atoms with Crippen molar-refractivity contribution in [2.75, 3.05) is 20.8 Å². The Bertz CT molecular complexity index is 1040. The van der Waals surface area contributed by atoms with Crippen LogP contribution in [0.3, 0.4) is 0 Å². The number of nitrogens with zero attached hydrogens (tertiary/aromatic N) is 2. The van der Waals surface area contributed by atoms with E-state index in [0.717, 1.165) is 21.5 Å². The molecule has 3 aromatic rings. The van der Waals surface area contributed by atoms with Crippen molar-refractivity contribution in [3.63, 3.8) is 0 Å². The zero-order chi connectivity index (χ0) is 19.4. The SMILES string of the molecule is CCOc1cccc2sc(=NC(=O)Cc3ccc(OC)c(OC)c3)n(C)c12. The molecule has 0 N–H and O–H groups in total. The van der Waals surface area contributed by atoms with Crippen molar-refractivity contribution in [1.82, 2.24) is 4.57 Å². The molecule has 0 radical (unpaired) electrons. The van der Waals surface area contributed by atoms with Crippen molar-refractivity contribution in [3.8, 4) is 17.2 Å². The van der Waals surface area contributed by atoms with Gasteiger partial charge in [-0.1, -0.05) is 23.5 Å². The summed E-state index contributed by atoms with van der Waals surface area (Å²) in [6, 6.07) is 11.3. The lowest BCUT2D eigenvalue weighted by Crippen LogP contribution is -2.14. The number of aromatic nitrogens is 1. The summed E-state index contributed by atoms with van der Waals surface area (Å²) in [6.07, 6.45) is 0.187. The van der Waals surface area contributed by atoms with E-state index in [9.17, 15) is 4.79 Å². The first-order valence-electron chi connectivity index (χ1n) is 8.57. The van der Waals surface area contributed by atoms with Gasteiger partial charge in [0.2, 0.25) is 0 Å². The minimum absolute atomic E-state index is 0.187. The molecule has 1 amide bonds. The molecule has 0 saturated heterocycles. The van der Waals surface area contributed by atoms with E-state index in [0.29, 0.717) is 22.9 Å². The summed E-state index contributed by atoms with van der Waals surface area (Å²) < 4.78 is 19.1. The second kappa shape index (κ2) is 8.26. The van der Waals surface area contributed by atoms with E-state index in [1.54, 1.807) is 26.4 Å². The van der Waals surface area contributed by atoms with Crippen LogP contribution in [0.2, 0.25) is 0 Å². The number of aryl methyl sites for hydroxylation is 1. The molecule has 1 aromatic heterocycles. The molecule has 0 aliphatic heterocycles. The van der Waals surface area contributed by atoms with Gasteiger partial charge in [-0.15, -0.1) is 0 Å². The summed E-state index contributed by atoms with van der Waals surface area (Å²) in [7, 11) is 5.04. The van der Waals surface area contributed by atoms with Crippen molar-refractivity contribution in [2.45, 2.75) is 13.3 Å². The zero-order valence-electron chi connectivity index (χ0n) is 15.8. The summed E-state index contributed by atoms with van der Waals surface area (Å²) in [5.74, 6) is 1.80. The number of rotatable bonds is 6. The van der Waals surface area contributed by atoms with Crippen molar-refractivity contribution >= 4 is 27.5 Å². The van der Waals surface area contributed by atoms with Gasteiger partial charge in [0.05, 0.1) is 31.9 Å². The summed E-state index contributed by atoms with van der Waals surface area (Å²) in [5.41, 5.74) is 1.77. The molecule has 0 aliphatic rings. The van der Waals surface area contributed by atoms with Crippen molar-refractivity contribution in [3.05, 3.63) is 46.8 Å². The second-order valence-electron chi connectivity index (χ2n) is 5.85. The lowest BCUT2D eigenvalue weighted by molar-refractivity contribution is -0.117. The van der Waals surface area contributed by atoms with Gasteiger partial charge in [0.15, 0.2) is 16.3 Å². The van der Waals surface area contributed by atoms with Crippen LogP contribution in [-0.2, 0) is 18.3 Å². The van der Waals surface area contributed by atoms with Crippen LogP contribution in [0.15, 0.2) is 41.4 Å². The molecular weight excluding hydrogens is 364 g/mol. The van der Waals surface area contributed by atoms with Gasteiger partial charge in [0, 0.05) is 7.05 Å². The highest BCUT2D eigenvalue weighted by atomic mass is 32.1. The molecule has 3 rings (SSSR count). The number of hydrogen-bond donors (Lipinski definition) is 0. The minimum Gasteiger partial charge on any atom is -0.493 e. The first-order chi connectivity index (χ1) is 13.1. The van der Waals surface area contributed by atoms with Crippen LogP contribution >= 0.6 is 11.3 Å². The van der Waals surface area contributed by atoms with Crippen LogP contribution in [0.4, 0.5) is 0 Å². The smallest absolute Gasteiger partial charge is 0.252 e. The molecule has 6 nitrogen and oxygen atoms in total. The lowest BCUT2D eigenvalue weighted by atomic mass is 10.1. The largest absolute Gasteiger partial charge is 0.493 e. The van der Waals surface area contributed by atoms with Crippen LogP contribution in [0.5, 0.6) is 17.2 Å². The summed E-state index contributed by atoms with van der Waals surface area (Å²) >= 11 is 1.47. The molecule has 142 valence electrons. The zero-order valence-corrected chi connectivity index (χ0v) is 16.6. The number of fused-ring (bicyclic) bond motifs is 1. The number of hydrogen-bond acceptors (Lipinski definition) is 5. The van der Waals surface area contributed by atoms with Gasteiger partial charge in [-0.2, -0.15) is 4.99 Å². The summed E-state index contributed by atoms with van der Waals surface area (Å²) in [6.45, 7) is 2.53. The number of ether oxygens (including phenoxy) is 3. The van der Waals surface area contributed by atoms with E-state index in [4.69, 9.17) is 14.2 Å². The Morgan fingerprint density at radius 1 is 1.11 bits per heavy atom. The van der Waals surface area contributed by atoms with E-state index >= 15 is 0 Å². The number of benzene rings is 2. The van der Waals surface area contributed by atoms with Gasteiger partial charge >= 0.3 is 0 Å². The van der Waals surface area contributed by atoms with Crippen LogP contribution in [-0.4, -0.2) is 31.3 Å². The third-order valence-corrected chi connectivity index (χ3v) is 5.21. The number of para-hydroxylation sites is 1. The molecule has 0 aliphatic carbocycles. The number of amides is 1. The standard InChI is InChI=1S/C20H22N2O4S/c1-5-26-15-7-6-8-17-19(15)22(2)20(27-17)21-18(23)12-13-9-10-14(24-3)16(11-13)25-4/h6-11H,5,12H2,1-4H3. The van der Waals surface area contributed by atoms with Crippen molar-refractivity contribution in [2.24, 2.45) is 12.0 Å². The van der Waals surface area contributed by atoms with Crippen LogP contribution in [0.1, 0.15) is 12.5 Å². The fourth-order valence-electron chi connectivity index (χ4n) is 2.86. The monoisotopic (exact) mass is 386 g/mol. The molecule has 2 aromatic carbocycles. The van der Waals surface area contributed by atoms with Gasteiger partial charge in [0.1, 0.15) is 11.3 Å². The fraction of sp³-hybridized carbons (Fsp3) is 0.300. The van der Waals surface area contributed by atoms with E-state index in [-0.39, 0.29) is 12.3 Å². The van der Waals surface area contributed by atoms with Crippen LogP contribution < -0.4 is 19.0 Å². The minimum atomic E-state index is -0.220. The van der Waals surface area contributed by atoms with Gasteiger partial charge < -0.3 is 18.8 Å². The highest BCUT2D eigenvalue weighted by molar-refractivity contribution is 7.16. The average Bonchev–Trinajstić information content (AvgIpc) is 2.98. The third kappa shape index (κ3) is 3.98. The van der Waals surface area contributed by atoms with Gasteiger partial charge in [-0.05, 0) is 36.8 Å². The Hall–Kier alpha value is -2.80. The second-order valence-corrected chi connectivity index (χ2v) is 6.86. The Kier molecular flexibility index (Phi) is 5.81.